The normalized spacial score (nSPS) is 14.0. The first kappa shape index (κ1) is 23.9. The van der Waals surface area contributed by atoms with E-state index in [1.54, 1.807) is 0 Å². The highest BCUT2D eigenvalue weighted by Gasteiger charge is 2.24. The van der Waals surface area contributed by atoms with Crippen molar-refractivity contribution < 1.29 is 9.59 Å². The van der Waals surface area contributed by atoms with Gasteiger partial charge in [0.2, 0.25) is 11.8 Å². The van der Waals surface area contributed by atoms with E-state index in [9.17, 15) is 9.59 Å². The maximum atomic E-state index is 12.3. The Hall–Kier alpha value is -1.06. The lowest BCUT2D eigenvalue weighted by molar-refractivity contribution is -0.125. The number of carbonyl (C=O) groups is 2. The van der Waals surface area contributed by atoms with Crippen LogP contribution in [0.15, 0.2) is 0 Å². The summed E-state index contributed by atoms with van der Waals surface area (Å²) in [4.78, 5) is 24.7. The average molecular weight is 355 g/mol. The molecule has 0 heterocycles. The molecule has 4 nitrogen and oxygen atoms in total. The molecule has 0 bridgehead atoms. The Morgan fingerprint density at radius 3 is 1.40 bits per heavy atom. The van der Waals surface area contributed by atoms with Gasteiger partial charge in [-0.05, 0) is 31.1 Å². The molecular formula is C21H42N2O2. The molecule has 2 atom stereocenters. The lowest BCUT2D eigenvalue weighted by atomic mass is 9.91. The van der Waals surface area contributed by atoms with Crippen molar-refractivity contribution in [2.45, 2.75) is 92.9 Å². The van der Waals surface area contributed by atoms with Crippen molar-refractivity contribution in [3.8, 4) is 0 Å². The summed E-state index contributed by atoms with van der Waals surface area (Å²) >= 11 is 0. The van der Waals surface area contributed by atoms with Gasteiger partial charge in [0.1, 0.15) is 0 Å². The van der Waals surface area contributed by atoms with Gasteiger partial charge in [0.15, 0.2) is 0 Å². The quantitative estimate of drug-likeness (QED) is 0.476. The molecule has 0 spiro atoms. The van der Waals surface area contributed by atoms with E-state index >= 15 is 0 Å². The van der Waals surface area contributed by atoms with Gasteiger partial charge in [0, 0.05) is 24.9 Å². The summed E-state index contributed by atoms with van der Waals surface area (Å²) in [6, 6.07) is 0. The minimum absolute atomic E-state index is 0.115. The van der Waals surface area contributed by atoms with Crippen LogP contribution in [-0.2, 0) is 9.59 Å². The van der Waals surface area contributed by atoms with Crippen molar-refractivity contribution >= 4 is 11.8 Å². The maximum Gasteiger partial charge on any atom is 0.223 e. The lowest BCUT2D eigenvalue weighted by Gasteiger charge is -2.27. The molecule has 2 amide bonds. The molecule has 0 rings (SSSR count). The second kappa shape index (κ2) is 13.2. The average Bonchev–Trinajstić information content (AvgIpc) is 2.59. The molecular weight excluding hydrogens is 312 g/mol. The number of hydrogen-bond donors (Lipinski definition) is 2. The summed E-state index contributed by atoms with van der Waals surface area (Å²) in [7, 11) is 0. The number of hydrogen-bond acceptors (Lipinski definition) is 2. The Morgan fingerprint density at radius 2 is 1.12 bits per heavy atom. The van der Waals surface area contributed by atoms with Crippen LogP contribution in [0, 0.1) is 17.3 Å². The molecule has 0 aliphatic carbocycles. The lowest BCUT2D eigenvalue weighted by Crippen LogP contribution is -2.44. The van der Waals surface area contributed by atoms with E-state index in [0.29, 0.717) is 13.1 Å². The molecule has 0 saturated heterocycles. The Kier molecular flexibility index (Phi) is 12.6. The Bertz CT molecular complexity index is 346. The second-order valence-electron chi connectivity index (χ2n) is 8.09. The fourth-order valence-corrected chi connectivity index (χ4v) is 2.95. The van der Waals surface area contributed by atoms with E-state index in [1.807, 2.05) is 0 Å². The molecule has 148 valence electrons. The van der Waals surface area contributed by atoms with Gasteiger partial charge in [-0.3, -0.25) is 9.59 Å². The first-order chi connectivity index (χ1) is 11.8. The molecule has 0 aromatic heterocycles. The Balaban J connectivity index is 4.34. The highest BCUT2D eigenvalue weighted by atomic mass is 16.2. The van der Waals surface area contributed by atoms with Crippen LogP contribution in [0.1, 0.15) is 92.9 Å². The van der Waals surface area contributed by atoms with Crippen molar-refractivity contribution in [1.82, 2.24) is 10.6 Å². The standard InChI is InChI=1S/C21H42N2O2/c1-7-11-13-17(9-3)19(24)22-15-21(5,6)16-23-20(25)18(10-4)14-12-8-2/h17-18H,7-16H2,1-6H3,(H,22,24)(H,23,25)/t17-,18+. The molecule has 0 aliphatic rings. The summed E-state index contributed by atoms with van der Waals surface area (Å²) in [6.07, 6.45) is 8.15. The van der Waals surface area contributed by atoms with E-state index in [1.165, 1.54) is 0 Å². The van der Waals surface area contributed by atoms with Crippen LogP contribution < -0.4 is 10.6 Å². The highest BCUT2D eigenvalue weighted by molar-refractivity contribution is 5.79. The van der Waals surface area contributed by atoms with E-state index in [2.05, 4.69) is 52.2 Å². The number of rotatable bonds is 14. The van der Waals surface area contributed by atoms with Gasteiger partial charge in [-0.1, -0.05) is 67.2 Å². The Morgan fingerprint density at radius 1 is 0.760 bits per heavy atom. The monoisotopic (exact) mass is 354 g/mol. The molecule has 0 saturated carbocycles. The topological polar surface area (TPSA) is 58.2 Å². The molecule has 0 radical (unpaired) electrons. The van der Waals surface area contributed by atoms with Crippen LogP contribution in [0.3, 0.4) is 0 Å². The smallest absolute Gasteiger partial charge is 0.223 e. The van der Waals surface area contributed by atoms with Gasteiger partial charge in [0.05, 0.1) is 0 Å². The molecule has 0 aromatic rings. The summed E-state index contributed by atoms with van der Waals surface area (Å²) in [5.41, 5.74) is -0.141. The van der Waals surface area contributed by atoms with E-state index in [4.69, 9.17) is 0 Å². The van der Waals surface area contributed by atoms with Crippen LogP contribution in [0.4, 0.5) is 0 Å². The zero-order chi connectivity index (χ0) is 19.3. The summed E-state index contributed by atoms with van der Waals surface area (Å²) in [6.45, 7) is 13.8. The van der Waals surface area contributed by atoms with Crippen molar-refractivity contribution in [3.63, 3.8) is 0 Å². The highest BCUT2D eigenvalue weighted by Crippen LogP contribution is 2.17. The molecule has 4 heteroatoms. The van der Waals surface area contributed by atoms with Crippen LogP contribution in [0.25, 0.3) is 0 Å². The van der Waals surface area contributed by atoms with Crippen LogP contribution in [-0.4, -0.2) is 24.9 Å². The van der Waals surface area contributed by atoms with Crippen molar-refractivity contribution in [2.24, 2.45) is 17.3 Å². The predicted molar refractivity (Wildman–Crippen MR) is 106 cm³/mol. The number of carbonyl (C=O) groups excluding carboxylic acids is 2. The van der Waals surface area contributed by atoms with Crippen LogP contribution in [0.2, 0.25) is 0 Å². The fourth-order valence-electron chi connectivity index (χ4n) is 2.95. The number of amides is 2. The van der Waals surface area contributed by atoms with Gasteiger partial charge < -0.3 is 10.6 Å². The predicted octanol–water partition coefficient (Wildman–Crippen LogP) is 4.68. The zero-order valence-corrected chi connectivity index (χ0v) is 17.5. The number of nitrogens with one attached hydrogen (secondary N) is 2. The van der Waals surface area contributed by atoms with Crippen molar-refractivity contribution in [3.05, 3.63) is 0 Å². The van der Waals surface area contributed by atoms with Gasteiger partial charge >= 0.3 is 0 Å². The van der Waals surface area contributed by atoms with Gasteiger partial charge in [0.25, 0.3) is 0 Å². The largest absolute Gasteiger partial charge is 0.355 e. The third kappa shape index (κ3) is 10.5. The minimum Gasteiger partial charge on any atom is -0.355 e. The number of unbranched alkanes of at least 4 members (excludes halogenated alkanes) is 2. The van der Waals surface area contributed by atoms with Gasteiger partial charge in [-0.2, -0.15) is 0 Å². The van der Waals surface area contributed by atoms with Gasteiger partial charge in [-0.15, -0.1) is 0 Å². The summed E-state index contributed by atoms with van der Waals surface area (Å²) < 4.78 is 0. The molecule has 2 N–H and O–H groups in total. The summed E-state index contributed by atoms with van der Waals surface area (Å²) in [5, 5.41) is 6.19. The summed E-state index contributed by atoms with van der Waals surface area (Å²) in [5.74, 6) is 0.544. The molecule has 0 fully saturated rings. The fraction of sp³-hybridized carbons (Fsp3) is 0.905. The zero-order valence-electron chi connectivity index (χ0n) is 17.5. The maximum absolute atomic E-state index is 12.3. The first-order valence-corrected chi connectivity index (χ1v) is 10.4. The molecule has 0 aliphatic heterocycles. The van der Waals surface area contributed by atoms with Crippen molar-refractivity contribution in [2.75, 3.05) is 13.1 Å². The van der Waals surface area contributed by atoms with Crippen LogP contribution >= 0.6 is 0 Å². The molecule has 25 heavy (non-hydrogen) atoms. The van der Waals surface area contributed by atoms with Crippen LogP contribution in [0.5, 0.6) is 0 Å². The first-order valence-electron chi connectivity index (χ1n) is 10.4. The minimum atomic E-state index is -0.141. The molecule has 0 aromatic carbocycles. The van der Waals surface area contributed by atoms with Crippen molar-refractivity contribution in [1.29, 1.82) is 0 Å². The SMILES string of the molecule is CCCC[C@@H](CC)C(=O)NCC(C)(C)CNC(=O)[C@@H](CC)CCCC. The Labute approximate surface area is 155 Å². The third-order valence-corrected chi connectivity index (χ3v) is 5.02. The van der Waals surface area contributed by atoms with Gasteiger partial charge in [-0.25, -0.2) is 0 Å². The van der Waals surface area contributed by atoms with E-state index in [0.717, 1.165) is 51.4 Å². The van der Waals surface area contributed by atoms with E-state index < -0.39 is 0 Å². The third-order valence-electron chi connectivity index (χ3n) is 5.02. The van der Waals surface area contributed by atoms with E-state index in [-0.39, 0.29) is 29.1 Å². The molecule has 0 unspecified atom stereocenters. The second-order valence-corrected chi connectivity index (χ2v) is 8.09.